The SMILES string of the molecule is CN=C(NCCC1CCN(CC(F)(F)F)CC1)NCc1ccc(OC)c(OC)c1.I. The normalized spacial score (nSPS) is 16.0. The van der Waals surface area contributed by atoms with E-state index in [1.807, 2.05) is 18.2 Å². The van der Waals surface area contributed by atoms with Gasteiger partial charge < -0.3 is 20.1 Å². The lowest BCUT2D eigenvalue weighted by atomic mass is 9.93. The van der Waals surface area contributed by atoms with Crippen molar-refractivity contribution in [1.29, 1.82) is 0 Å². The van der Waals surface area contributed by atoms with Crippen LogP contribution < -0.4 is 20.1 Å². The molecule has 30 heavy (non-hydrogen) atoms. The Hall–Kier alpha value is -1.43. The maximum Gasteiger partial charge on any atom is 0.401 e. The smallest absolute Gasteiger partial charge is 0.401 e. The molecule has 1 heterocycles. The summed E-state index contributed by atoms with van der Waals surface area (Å²) in [4.78, 5) is 5.71. The second kappa shape index (κ2) is 13.1. The standard InChI is InChI=1S/C20H31F3N4O2.HI/c1-24-19(26-13-16-4-5-17(28-2)18(12-16)29-3)25-9-6-15-7-10-27(11-8-15)14-20(21,22)23;/h4-5,12,15H,6-11,13-14H2,1-3H3,(H2,24,25,26);1H. The first-order valence-corrected chi connectivity index (χ1v) is 9.79. The summed E-state index contributed by atoms with van der Waals surface area (Å²) in [5, 5.41) is 6.53. The number of guanidine groups is 1. The van der Waals surface area contributed by atoms with Crippen LogP contribution in [0.25, 0.3) is 0 Å². The Labute approximate surface area is 193 Å². The molecule has 0 saturated carbocycles. The van der Waals surface area contributed by atoms with Crippen LogP contribution in [0.4, 0.5) is 13.2 Å². The molecule has 10 heteroatoms. The molecule has 1 fully saturated rings. The molecule has 0 spiro atoms. The second-order valence-electron chi connectivity index (χ2n) is 7.17. The topological polar surface area (TPSA) is 58.1 Å². The first kappa shape index (κ1) is 26.6. The molecule has 1 aliphatic heterocycles. The van der Waals surface area contributed by atoms with Gasteiger partial charge in [0.15, 0.2) is 17.5 Å². The van der Waals surface area contributed by atoms with Gasteiger partial charge in [-0.2, -0.15) is 13.2 Å². The van der Waals surface area contributed by atoms with E-state index in [1.165, 1.54) is 4.90 Å². The highest BCUT2D eigenvalue weighted by atomic mass is 127. The fraction of sp³-hybridized carbons (Fsp3) is 0.650. The van der Waals surface area contributed by atoms with Crippen molar-refractivity contribution in [1.82, 2.24) is 15.5 Å². The lowest BCUT2D eigenvalue weighted by molar-refractivity contribution is -0.148. The third-order valence-electron chi connectivity index (χ3n) is 5.09. The van der Waals surface area contributed by atoms with E-state index in [1.54, 1.807) is 21.3 Å². The minimum atomic E-state index is -4.11. The lowest BCUT2D eigenvalue weighted by Crippen LogP contribution is -2.41. The summed E-state index contributed by atoms with van der Waals surface area (Å²) in [6.45, 7) is 1.53. The Morgan fingerprint density at radius 3 is 2.37 bits per heavy atom. The van der Waals surface area contributed by atoms with Gasteiger partial charge in [0.2, 0.25) is 0 Å². The van der Waals surface area contributed by atoms with Gasteiger partial charge in [-0.25, -0.2) is 0 Å². The summed E-state index contributed by atoms with van der Waals surface area (Å²) in [5.41, 5.74) is 1.03. The van der Waals surface area contributed by atoms with Gasteiger partial charge in [-0.3, -0.25) is 9.89 Å². The van der Waals surface area contributed by atoms with E-state index >= 15 is 0 Å². The van der Waals surface area contributed by atoms with E-state index in [-0.39, 0.29) is 24.0 Å². The Bertz CT molecular complexity index is 666. The van der Waals surface area contributed by atoms with E-state index < -0.39 is 12.7 Å². The molecule has 6 nitrogen and oxygen atoms in total. The molecule has 0 unspecified atom stereocenters. The van der Waals surface area contributed by atoms with Crippen LogP contribution in [-0.2, 0) is 6.54 Å². The van der Waals surface area contributed by atoms with E-state index in [9.17, 15) is 13.2 Å². The summed E-state index contributed by atoms with van der Waals surface area (Å²) in [5.74, 6) is 2.48. The molecule has 2 rings (SSSR count). The molecule has 172 valence electrons. The number of halogens is 4. The highest BCUT2D eigenvalue weighted by Crippen LogP contribution is 2.27. The fourth-order valence-electron chi connectivity index (χ4n) is 3.48. The van der Waals surface area contributed by atoms with Gasteiger partial charge in [0.05, 0.1) is 20.8 Å². The highest BCUT2D eigenvalue weighted by molar-refractivity contribution is 14.0. The van der Waals surface area contributed by atoms with Crippen molar-refractivity contribution in [3.05, 3.63) is 23.8 Å². The predicted octanol–water partition coefficient (Wildman–Crippen LogP) is 3.65. The number of alkyl halides is 3. The van der Waals surface area contributed by atoms with Crippen molar-refractivity contribution in [2.75, 3.05) is 47.4 Å². The molecule has 0 amide bonds. The van der Waals surface area contributed by atoms with Crippen LogP contribution in [0.5, 0.6) is 11.5 Å². The molecule has 1 aromatic carbocycles. The monoisotopic (exact) mass is 544 g/mol. The van der Waals surface area contributed by atoms with Crippen LogP contribution in [0.15, 0.2) is 23.2 Å². The van der Waals surface area contributed by atoms with Crippen molar-refractivity contribution < 1.29 is 22.6 Å². The number of hydrogen-bond donors (Lipinski definition) is 2. The van der Waals surface area contributed by atoms with Gasteiger partial charge in [-0.15, -0.1) is 24.0 Å². The molecule has 0 aromatic heterocycles. The summed E-state index contributed by atoms with van der Waals surface area (Å²) in [7, 11) is 4.91. The zero-order valence-electron chi connectivity index (χ0n) is 17.7. The molecule has 0 aliphatic carbocycles. The summed E-state index contributed by atoms with van der Waals surface area (Å²) >= 11 is 0. The minimum absolute atomic E-state index is 0. The van der Waals surface area contributed by atoms with Crippen LogP contribution in [0.3, 0.4) is 0 Å². The van der Waals surface area contributed by atoms with Crippen LogP contribution in [0.1, 0.15) is 24.8 Å². The van der Waals surface area contributed by atoms with Crippen LogP contribution in [-0.4, -0.2) is 64.5 Å². The summed E-state index contributed by atoms with van der Waals surface area (Å²) in [6.07, 6.45) is -1.60. The first-order valence-electron chi connectivity index (χ1n) is 9.79. The number of nitrogens with one attached hydrogen (secondary N) is 2. The number of rotatable bonds is 8. The van der Waals surface area contributed by atoms with Gasteiger partial charge in [0.25, 0.3) is 0 Å². The molecule has 1 aromatic rings. The Morgan fingerprint density at radius 2 is 1.80 bits per heavy atom. The number of piperidine rings is 1. The Kier molecular flexibility index (Phi) is 11.6. The number of methoxy groups -OCH3 is 2. The van der Waals surface area contributed by atoms with Crippen molar-refractivity contribution >= 4 is 29.9 Å². The number of likely N-dealkylation sites (tertiary alicyclic amines) is 1. The third-order valence-corrected chi connectivity index (χ3v) is 5.09. The van der Waals surface area contributed by atoms with Gasteiger partial charge in [0, 0.05) is 20.1 Å². The minimum Gasteiger partial charge on any atom is -0.493 e. The number of ether oxygens (including phenoxy) is 2. The molecule has 2 N–H and O–H groups in total. The highest BCUT2D eigenvalue weighted by Gasteiger charge is 2.32. The molecular weight excluding hydrogens is 512 g/mol. The van der Waals surface area contributed by atoms with Gasteiger partial charge in [-0.05, 0) is 56.0 Å². The van der Waals surface area contributed by atoms with E-state index in [4.69, 9.17) is 9.47 Å². The molecule has 0 radical (unpaired) electrons. The fourth-order valence-corrected chi connectivity index (χ4v) is 3.48. The van der Waals surface area contributed by atoms with Crippen LogP contribution >= 0.6 is 24.0 Å². The zero-order chi connectivity index (χ0) is 21.3. The molecule has 0 bridgehead atoms. The van der Waals surface area contributed by atoms with Crippen molar-refractivity contribution in [2.24, 2.45) is 10.9 Å². The third kappa shape index (κ3) is 9.15. The Morgan fingerprint density at radius 1 is 1.13 bits per heavy atom. The maximum atomic E-state index is 12.5. The number of benzene rings is 1. The number of nitrogens with zero attached hydrogens (tertiary/aromatic N) is 2. The average molecular weight is 544 g/mol. The van der Waals surface area contributed by atoms with Gasteiger partial charge in [0.1, 0.15) is 0 Å². The largest absolute Gasteiger partial charge is 0.493 e. The molecular formula is C20H32F3IN4O2. The first-order chi connectivity index (χ1) is 13.8. The second-order valence-corrected chi connectivity index (χ2v) is 7.17. The predicted molar refractivity (Wildman–Crippen MR) is 123 cm³/mol. The van der Waals surface area contributed by atoms with E-state index in [0.717, 1.165) is 31.4 Å². The Balaban J connectivity index is 0.00000450. The molecule has 1 saturated heterocycles. The number of aliphatic imine (C=N–C) groups is 1. The summed E-state index contributed by atoms with van der Waals surface area (Å²) < 4.78 is 47.9. The summed E-state index contributed by atoms with van der Waals surface area (Å²) in [6, 6.07) is 5.72. The lowest BCUT2D eigenvalue weighted by Gasteiger charge is -2.32. The molecule has 1 aliphatic rings. The van der Waals surface area contributed by atoms with Crippen LogP contribution in [0, 0.1) is 5.92 Å². The van der Waals surface area contributed by atoms with E-state index in [2.05, 4.69) is 15.6 Å². The number of hydrogen-bond acceptors (Lipinski definition) is 4. The molecule has 0 atom stereocenters. The zero-order valence-corrected chi connectivity index (χ0v) is 20.0. The van der Waals surface area contributed by atoms with E-state index in [0.29, 0.717) is 43.0 Å². The van der Waals surface area contributed by atoms with Gasteiger partial charge in [-0.1, -0.05) is 6.07 Å². The van der Waals surface area contributed by atoms with Gasteiger partial charge >= 0.3 is 6.18 Å². The van der Waals surface area contributed by atoms with Crippen molar-refractivity contribution in [3.63, 3.8) is 0 Å². The van der Waals surface area contributed by atoms with Crippen molar-refractivity contribution in [3.8, 4) is 11.5 Å². The average Bonchev–Trinajstić information content (AvgIpc) is 2.70. The quantitative estimate of drug-likeness (QED) is 0.298. The maximum absolute atomic E-state index is 12.5. The van der Waals surface area contributed by atoms with Crippen molar-refractivity contribution in [2.45, 2.75) is 32.0 Å². The van der Waals surface area contributed by atoms with Crippen LogP contribution in [0.2, 0.25) is 0 Å².